The largest absolute Gasteiger partial charge is 0.497 e. The smallest absolute Gasteiger partial charge is 0.321 e. The molecule has 0 saturated heterocycles. The summed E-state index contributed by atoms with van der Waals surface area (Å²) in [5.41, 5.74) is 1.29. The zero-order chi connectivity index (χ0) is 20.5. The van der Waals surface area contributed by atoms with Gasteiger partial charge in [-0.05, 0) is 36.9 Å². The van der Waals surface area contributed by atoms with E-state index < -0.39 is 18.0 Å². The normalized spacial score (nSPS) is 11.4. The zero-order valence-electron chi connectivity index (χ0n) is 16.1. The number of amides is 4. The molecule has 8 heteroatoms. The molecule has 0 fully saturated rings. The summed E-state index contributed by atoms with van der Waals surface area (Å²) >= 11 is 0. The molecule has 1 atom stereocenters. The van der Waals surface area contributed by atoms with Crippen molar-refractivity contribution in [2.75, 3.05) is 33.1 Å². The molecule has 0 spiro atoms. The molecule has 28 heavy (non-hydrogen) atoms. The Hall–Kier alpha value is -3.39. The van der Waals surface area contributed by atoms with Crippen LogP contribution in [0.25, 0.3) is 0 Å². The van der Waals surface area contributed by atoms with Gasteiger partial charge < -0.3 is 15.4 Å². The molecule has 148 valence electrons. The van der Waals surface area contributed by atoms with Gasteiger partial charge in [0.1, 0.15) is 11.8 Å². The van der Waals surface area contributed by atoms with Gasteiger partial charge in [-0.2, -0.15) is 0 Å². The third-order valence-electron chi connectivity index (χ3n) is 4.04. The number of urea groups is 1. The van der Waals surface area contributed by atoms with Gasteiger partial charge in [-0.15, -0.1) is 0 Å². The molecule has 2 aromatic carbocycles. The van der Waals surface area contributed by atoms with Gasteiger partial charge in [0.15, 0.2) is 0 Å². The van der Waals surface area contributed by atoms with Crippen molar-refractivity contribution in [3.8, 4) is 5.75 Å². The highest BCUT2D eigenvalue weighted by Crippen LogP contribution is 2.20. The Morgan fingerprint density at radius 2 is 1.68 bits per heavy atom. The Kier molecular flexibility index (Phi) is 7.53. The highest BCUT2D eigenvalue weighted by atomic mass is 16.5. The molecule has 2 aromatic rings. The molecule has 0 bridgehead atoms. The quantitative estimate of drug-likeness (QED) is 0.676. The lowest BCUT2D eigenvalue weighted by Gasteiger charge is -2.26. The van der Waals surface area contributed by atoms with Crippen molar-refractivity contribution in [1.82, 2.24) is 15.5 Å². The Bertz CT molecular complexity index is 809. The average Bonchev–Trinajstić information content (AvgIpc) is 2.69. The first-order valence-electron chi connectivity index (χ1n) is 8.66. The lowest BCUT2D eigenvalue weighted by molar-refractivity contribution is -0.126. The number of anilines is 1. The molecular formula is C20H24N4O4. The lowest BCUT2D eigenvalue weighted by Crippen LogP contribution is -2.46. The van der Waals surface area contributed by atoms with E-state index in [0.717, 1.165) is 0 Å². The monoisotopic (exact) mass is 384 g/mol. The van der Waals surface area contributed by atoms with Crippen molar-refractivity contribution >= 4 is 23.5 Å². The molecule has 8 nitrogen and oxygen atoms in total. The van der Waals surface area contributed by atoms with E-state index in [-0.39, 0.29) is 12.5 Å². The Labute approximate surface area is 163 Å². The summed E-state index contributed by atoms with van der Waals surface area (Å²) in [5.74, 6) is -0.128. The van der Waals surface area contributed by atoms with Gasteiger partial charge in [0.25, 0.3) is 0 Å². The number of likely N-dealkylation sites (N-methyl/N-ethyl adjacent to an activating group) is 1. The van der Waals surface area contributed by atoms with Crippen LogP contribution < -0.4 is 20.7 Å². The molecule has 4 amide bonds. The van der Waals surface area contributed by atoms with Crippen LogP contribution in [0, 0.1) is 0 Å². The molecule has 2 rings (SSSR count). The van der Waals surface area contributed by atoms with Gasteiger partial charge in [0.05, 0.1) is 13.7 Å². The van der Waals surface area contributed by atoms with E-state index in [1.807, 2.05) is 6.07 Å². The number of nitrogens with zero attached hydrogens (tertiary/aromatic N) is 1. The number of hydrogen-bond donors (Lipinski definition) is 3. The molecule has 0 aromatic heterocycles. The molecular weight excluding hydrogens is 360 g/mol. The summed E-state index contributed by atoms with van der Waals surface area (Å²) in [6, 6.07) is 14.5. The van der Waals surface area contributed by atoms with Crippen molar-refractivity contribution in [3.05, 3.63) is 60.2 Å². The van der Waals surface area contributed by atoms with Crippen LogP contribution in [0.3, 0.4) is 0 Å². The van der Waals surface area contributed by atoms with Gasteiger partial charge >= 0.3 is 6.03 Å². The van der Waals surface area contributed by atoms with E-state index in [1.54, 1.807) is 67.6 Å². The number of benzene rings is 2. The molecule has 0 aliphatic rings. The van der Waals surface area contributed by atoms with Crippen molar-refractivity contribution in [3.63, 3.8) is 0 Å². The number of nitrogens with one attached hydrogen (secondary N) is 3. The number of carbonyl (C=O) groups excluding carboxylic acids is 3. The maximum atomic E-state index is 12.6. The summed E-state index contributed by atoms with van der Waals surface area (Å²) < 4.78 is 5.09. The minimum atomic E-state index is -0.805. The minimum absolute atomic E-state index is 0.0489. The molecule has 0 heterocycles. The van der Waals surface area contributed by atoms with Crippen LogP contribution in [0.2, 0.25) is 0 Å². The van der Waals surface area contributed by atoms with Crippen LogP contribution >= 0.6 is 0 Å². The highest BCUT2D eigenvalue weighted by Gasteiger charge is 2.27. The number of imide groups is 1. The van der Waals surface area contributed by atoms with E-state index >= 15 is 0 Å². The second-order valence-electron chi connectivity index (χ2n) is 6.07. The fourth-order valence-corrected chi connectivity index (χ4v) is 2.68. The van der Waals surface area contributed by atoms with Crippen LogP contribution in [-0.2, 0) is 9.59 Å². The molecule has 3 N–H and O–H groups in total. The van der Waals surface area contributed by atoms with Gasteiger partial charge in [0, 0.05) is 12.7 Å². The Balaban J connectivity index is 2.10. The first-order chi connectivity index (χ1) is 13.4. The van der Waals surface area contributed by atoms with Gasteiger partial charge in [-0.3, -0.25) is 19.8 Å². The van der Waals surface area contributed by atoms with Crippen molar-refractivity contribution in [2.45, 2.75) is 6.04 Å². The van der Waals surface area contributed by atoms with Crippen molar-refractivity contribution in [2.24, 2.45) is 0 Å². The maximum absolute atomic E-state index is 12.6. The second kappa shape index (κ2) is 10.1. The van der Waals surface area contributed by atoms with Crippen LogP contribution in [0.4, 0.5) is 10.5 Å². The second-order valence-corrected chi connectivity index (χ2v) is 6.07. The first kappa shape index (κ1) is 20.9. The van der Waals surface area contributed by atoms with Crippen LogP contribution in [0.15, 0.2) is 54.6 Å². The standard InChI is InChI=1S/C20H24N4O4/c1-21-20(27)23-19(26)18(14-7-5-4-6-8-14)24(2)13-17(25)22-15-9-11-16(28-3)12-10-15/h4-12,18H,13H2,1-3H3,(H,22,25)(H2,21,23,26,27)/t18-/m0/s1. The van der Waals surface area contributed by atoms with Gasteiger partial charge in [-0.25, -0.2) is 4.79 Å². The molecule has 0 radical (unpaired) electrons. The molecule has 0 aliphatic heterocycles. The summed E-state index contributed by atoms with van der Waals surface area (Å²) in [4.78, 5) is 38.1. The van der Waals surface area contributed by atoms with E-state index in [0.29, 0.717) is 17.0 Å². The molecule has 0 aliphatic carbocycles. The number of ether oxygens (including phenoxy) is 1. The van der Waals surface area contributed by atoms with Gasteiger partial charge in [-0.1, -0.05) is 30.3 Å². The topological polar surface area (TPSA) is 99.8 Å². The zero-order valence-corrected chi connectivity index (χ0v) is 16.1. The highest BCUT2D eigenvalue weighted by molar-refractivity contribution is 5.98. The van der Waals surface area contributed by atoms with Crippen LogP contribution in [-0.4, -0.2) is 50.5 Å². The number of hydrogen-bond acceptors (Lipinski definition) is 5. The predicted molar refractivity (Wildman–Crippen MR) is 106 cm³/mol. The summed E-state index contributed by atoms with van der Waals surface area (Å²) in [5, 5.41) is 7.39. The number of carbonyl (C=O) groups is 3. The van der Waals surface area contributed by atoms with Crippen LogP contribution in [0.5, 0.6) is 5.75 Å². The Morgan fingerprint density at radius 3 is 2.25 bits per heavy atom. The maximum Gasteiger partial charge on any atom is 0.321 e. The predicted octanol–water partition coefficient (Wildman–Crippen LogP) is 1.76. The third kappa shape index (κ3) is 5.82. The van der Waals surface area contributed by atoms with E-state index in [2.05, 4.69) is 16.0 Å². The fourth-order valence-electron chi connectivity index (χ4n) is 2.68. The lowest BCUT2D eigenvalue weighted by atomic mass is 10.0. The number of methoxy groups -OCH3 is 1. The summed E-state index contributed by atoms with van der Waals surface area (Å²) in [7, 11) is 4.64. The third-order valence-corrected chi connectivity index (χ3v) is 4.04. The van der Waals surface area contributed by atoms with Crippen molar-refractivity contribution < 1.29 is 19.1 Å². The summed E-state index contributed by atoms with van der Waals surface area (Å²) in [6.45, 7) is -0.0489. The molecule has 0 unspecified atom stereocenters. The first-order valence-corrected chi connectivity index (χ1v) is 8.66. The number of rotatable bonds is 7. The summed E-state index contributed by atoms with van der Waals surface area (Å²) in [6.07, 6.45) is 0. The average molecular weight is 384 g/mol. The van der Waals surface area contributed by atoms with Crippen molar-refractivity contribution in [1.29, 1.82) is 0 Å². The van der Waals surface area contributed by atoms with E-state index in [4.69, 9.17) is 4.74 Å². The SMILES string of the molecule is CNC(=O)NC(=O)[C@H](c1ccccc1)N(C)CC(=O)Nc1ccc(OC)cc1. The Morgan fingerprint density at radius 1 is 1.04 bits per heavy atom. The van der Waals surface area contributed by atoms with Crippen LogP contribution in [0.1, 0.15) is 11.6 Å². The van der Waals surface area contributed by atoms with E-state index in [1.165, 1.54) is 7.05 Å². The minimum Gasteiger partial charge on any atom is -0.497 e. The molecule has 0 saturated carbocycles. The fraction of sp³-hybridized carbons (Fsp3) is 0.250. The van der Waals surface area contributed by atoms with Gasteiger partial charge in [0.2, 0.25) is 11.8 Å². The van der Waals surface area contributed by atoms with E-state index in [9.17, 15) is 14.4 Å².